The molecule has 0 bridgehead atoms. The Labute approximate surface area is 128 Å². The molecule has 0 aliphatic heterocycles. The van der Waals surface area contributed by atoms with Crippen molar-refractivity contribution < 1.29 is 4.42 Å². The van der Waals surface area contributed by atoms with Crippen LogP contribution in [0.3, 0.4) is 0 Å². The van der Waals surface area contributed by atoms with Gasteiger partial charge in [-0.1, -0.05) is 42.5 Å². The summed E-state index contributed by atoms with van der Waals surface area (Å²) in [4.78, 5) is 2.76. The predicted molar refractivity (Wildman–Crippen MR) is 86.4 cm³/mol. The number of rotatable bonds is 4. The Kier molecular flexibility index (Phi) is 3.21. The Morgan fingerprint density at radius 3 is 2.76 bits per heavy atom. The summed E-state index contributed by atoms with van der Waals surface area (Å²) in [6.45, 7) is 0.862. The second-order valence-electron chi connectivity index (χ2n) is 5.68. The van der Waals surface area contributed by atoms with Crippen LogP contribution >= 0.6 is 11.8 Å². The molecule has 21 heavy (non-hydrogen) atoms. The number of hydrogen-bond donors (Lipinski definition) is 1. The Hall–Kier alpha value is -1.77. The maximum absolute atomic E-state index is 6.03. The molecule has 1 aliphatic rings. The van der Waals surface area contributed by atoms with E-state index in [1.807, 2.05) is 18.2 Å². The molecule has 2 nitrogen and oxygen atoms in total. The van der Waals surface area contributed by atoms with Crippen molar-refractivity contribution >= 4 is 22.7 Å². The maximum atomic E-state index is 6.03. The van der Waals surface area contributed by atoms with Crippen molar-refractivity contribution in [1.29, 1.82) is 0 Å². The zero-order chi connectivity index (χ0) is 14.2. The Bertz CT molecular complexity index is 746. The first-order chi connectivity index (χ1) is 10.4. The first kappa shape index (κ1) is 12.9. The molecule has 0 radical (unpaired) electrons. The maximum Gasteiger partial charge on any atom is 0.135 e. The van der Waals surface area contributed by atoms with Gasteiger partial charge in [0.2, 0.25) is 0 Å². The highest BCUT2D eigenvalue weighted by molar-refractivity contribution is 6.13. The van der Waals surface area contributed by atoms with E-state index in [1.54, 1.807) is 0 Å². The quantitative estimate of drug-likeness (QED) is 0.690. The van der Waals surface area contributed by atoms with Gasteiger partial charge in [-0.25, -0.2) is 4.84 Å². The molecule has 1 aromatic heterocycles. The molecular weight excluding hydrogens is 282 g/mol. The molecule has 2 unspecified atom stereocenters. The molecule has 1 saturated carbocycles. The second-order valence-corrected chi connectivity index (χ2v) is 5.94. The summed E-state index contributed by atoms with van der Waals surface area (Å²) in [5, 5.41) is 1.15. The number of nitrogens with one attached hydrogen (secondary N) is 1. The van der Waals surface area contributed by atoms with E-state index < -0.39 is 0 Å². The van der Waals surface area contributed by atoms with Gasteiger partial charge in [0, 0.05) is 17.5 Å². The monoisotopic (exact) mass is 297 g/mol. The zero-order valence-corrected chi connectivity index (χ0v) is 12.3. The van der Waals surface area contributed by atoms with Gasteiger partial charge in [-0.15, -0.1) is 0 Å². The molecular formula is C18H16ClNO. The summed E-state index contributed by atoms with van der Waals surface area (Å²) in [6, 6.07) is 18.8. The fourth-order valence-electron chi connectivity index (χ4n) is 3.11. The highest BCUT2D eigenvalue weighted by atomic mass is 35.5. The number of hydrogen-bond acceptors (Lipinski definition) is 2. The molecule has 0 saturated heterocycles. The molecule has 0 amide bonds. The molecule has 3 aromatic rings. The number of benzene rings is 2. The van der Waals surface area contributed by atoms with Gasteiger partial charge in [-0.2, -0.15) is 0 Å². The lowest BCUT2D eigenvalue weighted by molar-refractivity contribution is 0.630. The fraction of sp³-hybridized carbons (Fsp3) is 0.222. The summed E-state index contributed by atoms with van der Waals surface area (Å²) in [5.41, 5.74) is 3.52. The van der Waals surface area contributed by atoms with Crippen molar-refractivity contribution in [3.63, 3.8) is 0 Å². The lowest BCUT2D eigenvalue weighted by Crippen LogP contribution is -2.04. The lowest BCUT2D eigenvalue weighted by atomic mass is 10.00. The van der Waals surface area contributed by atoms with Gasteiger partial charge in [0.05, 0.1) is 0 Å². The van der Waals surface area contributed by atoms with Gasteiger partial charge < -0.3 is 4.42 Å². The van der Waals surface area contributed by atoms with E-state index in [2.05, 4.69) is 41.2 Å². The lowest BCUT2D eigenvalue weighted by Gasteiger charge is -2.06. The Morgan fingerprint density at radius 2 is 1.90 bits per heavy atom. The Morgan fingerprint density at radius 1 is 1.10 bits per heavy atom. The van der Waals surface area contributed by atoms with E-state index in [9.17, 15) is 0 Å². The van der Waals surface area contributed by atoms with Gasteiger partial charge in [-0.05, 0) is 47.7 Å². The number of halogens is 1. The molecule has 106 valence electrons. The van der Waals surface area contributed by atoms with E-state index >= 15 is 0 Å². The first-order valence-electron chi connectivity index (χ1n) is 7.28. The average molecular weight is 298 g/mol. The van der Waals surface area contributed by atoms with Gasteiger partial charge in [0.25, 0.3) is 0 Å². The van der Waals surface area contributed by atoms with Crippen LogP contribution in [-0.2, 0) is 0 Å². The van der Waals surface area contributed by atoms with Crippen LogP contribution in [0.4, 0.5) is 0 Å². The standard InChI is InChI=1S/C18H16ClNO/c19-20-11-13-9-16(13)14-6-2-3-7-15(14)18-10-12-5-1-4-8-17(12)21-18/h1-8,10,13,16,20H,9,11H2. The van der Waals surface area contributed by atoms with Gasteiger partial charge in [0.1, 0.15) is 11.3 Å². The molecule has 3 heteroatoms. The molecule has 0 spiro atoms. The normalized spacial score (nSPS) is 20.8. The minimum absolute atomic E-state index is 0.584. The van der Waals surface area contributed by atoms with Crippen LogP contribution in [0.1, 0.15) is 17.9 Å². The molecule has 1 heterocycles. The zero-order valence-electron chi connectivity index (χ0n) is 11.6. The van der Waals surface area contributed by atoms with Crippen molar-refractivity contribution in [1.82, 2.24) is 4.84 Å². The first-order valence-corrected chi connectivity index (χ1v) is 7.66. The van der Waals surface area contributed by atoms with Crippen molar-refractivity contribution in [3.8, 4) is 11.3 Å². The van der Waals surface area contributed by atoms with E-state index in [1.165, 1.54) is 17.5 Å². The topological polar surface area (TPSA) is 25.2 Å². The van der Waals surface area contributed by atoms with Crippen molar-refractivity contribution in [2.45, 2.75) is 12.3 Å². The van der Waals surface area contributed by atoms with E-state index in [0.29, 0.717) is 11.8 Å². The molecule has 2 aromatic carbocycles. The summed E-state index contributed by atoms with van der Waals surface area (Å²) in [7, 11) is 0. The van der Waals surface area contributed by atoms with Gasteiger partial charge in [0.15, 0.2) is 0 Å². The molecule has 1 N–H and O–H groups in total. The largest absolute Gasteiger partial charge is 0.456 e. The Balaban J connectivity index is 1.75. The molecule has 1 aliphatic carbocycles. The van der Waals surface area contributed by atoms with Crippen LogP contribution in [-0.4, -0.2) is 6.54 Å². The smallest absolute Gasteiger partial charge is 0.135 e. The van der Waals surface area contributed by atoms with Crippen LogP contribution in [0, 0.1) is 5.92 Å². The summed E-state index contributed by atoms with van der Waals surface area (Å²) < 4.78 is 6.03. The van der Waals surface area contributed by atoms with Crippen LogP contribution in [0.5, 0.6) is 0 Å². The van der Waals surface area contributed by atoms with Crippen molar-refractivity contribution in [2.75, 3.05) is 6.54 Å². The second kappa shape index (κ2) is 5.21. The summed E-state index contributed by atoms with van der Waals surface area (Å²) in [6.07, 6.45) is 1.19. The van der Waals surface area contributed by atoms with Crippen molar-refractivity contribution in [3.05, 3.63) is 60.2 Å². The van der Waals surface area contributed by atoms with Gasteiger partial charge in [-0.3, -0.25) is 0 Å². The third kappa shape index (κ3) is 2.35. The van der Waals surface area contributed by atoms with Crippen LogP contribution in [0.2, 0.25) is 0 Å². The summed E-state index contributed by atoms with van der Waals surface area (Å²) >= 11 is 5.63. The molecule has 4 rings (SSSR count). The summed E-state index contributed by atoms with van der Waals surface area (Å²) in [5.74, 6) is 2.17. The van der Waals surface area contributed by atoms with Crippen LogP contribution < -0.4 is 4.84 Å². The van der Waals surface area contributed by atoms with Crippen LogP contribution in [0.25, 0.3) is 22.3 Å². The van der Waals surface area contributed by atoms with E-state index in [-0.39, 0.29) is 0 Å². The molecule has 2 atom stereocenters. The third-order valence-corrected chi connectivity index (χ3v) is 4.47. The molecule has 1 fully saturated rings. The average Bonchev–Trinajstić information content (AvgIpc) is 3.15. The SMILES string of the molecule is ClNCC1CC1c1ccccc1-c1cc2ccccc2o1. The van der Waals surface area contributed by atoms with Crippen LogP contribution in [0.15, 0.2) is 59.0 Å². The number of para-hydroxylation sites is 1. The van der Waals surface area contributed by atoms with E-state index in [0.717, 1.165) is 23.3 Å². The highest BCUT2D eigenvalue weighted by Gasteiger charge is 2.39. The number of fused-ring (bicyclic) bond motifs is 1. The third-order valence-electron chi connectivity index (χ3n) is 4.31. The van der Waals surface area contributed by atoms with E-state index in [4.69, 9.17) is 16.2 Å². The minimum Gasteiger partial charge on any atom is -0.456 e. The predicted octanol–water partition coefficient (Wildman–Crippen LogP) is 4.95. The van der Waals surface area contributed by atoms with Gasteiger partial charge >= 0.3 is 0 Å². The van der Waals surface area contributed by atoms with Crippen molar-refractivity contribution in [2.24, 2.45) is 5.92 Å². The number of furan rings is 1. The fourth-order valence-corrected chi connectivity index (χ4v) is 3.31. The minimum atomic E-state index is 0.584. The highest BCUT2D eigenvalue weighted by Crippen LogP contribution is 2.50.